The fourth-order valence-corrected chi connectivity index (χ4v) is 1.90. The molecule has 0 aliphatic carbocycles. The second kappa shape index (κ2) is 2.62. The van der Waals surface area contributed by atoms with Gasteiger partial charge in [-0.05, 0) is 17.4 Å². The molecule has 1 aromatic rings. The topological polar surface area (TPSA) is 34.4 Å². The van der Waals surface area contributed by atoms with E-state index in [1.165, 1.54) is 0 Å². The highest BCUT2D eigenvalue weighted by atomic mass is 28.3. The van der Waals surface area contributed by atoms with E-state index in [0.717, 1.165) is 0 Å². The molecule has 0 aliphatic heterocycles. The van der Waals surface area contributed by atoms with Gasteiger partial charge in [0.25, 0.3) is 0 Å². The summed E-state index contributed by atoms with van der Waals surface area (Å²) >= 11 is 0. The number of hydrogen-bond acceptors (Lipinski definition) is 2. The van der Waals surface area contributed by atoms with Crippen molar-refractivity contribution in [2.45, 2.75) is 19.6 Å². The summed E-state index contributed by atoms with van der Waals surface area (Å²) in [6, 6.07) is 1.74. The second-order valence-electron chi connectivity index (χ2n) is 3.54. The zero-order chi connectivity index (χ0) is 8.48. The van der Waals surface area contributed by atoms with E-state index >= 15 is 0 Å². The van der Waals surface area contributed by atoms with Crippen LogP contribution in [0.5, 0.6) is 0 Å². The lowest BCUT2D eigenvalue weighted by Gasteiger charge is -2.17. The Morgan fingerprint density at radius 2 is 2.09 bits per heavy atom. The van der Waals surface area contributed by atoms with Crippen molar-refractivity contribution in [3.05, 3.63) is 23.4 Å². The number of rotatable bonds is 2. The SMILES string of the molecule is C[Si](C)(C)n1ccc(N=O)c1. The summed E-state index contributed by atoms with van der Waals surface area (Å²) in [6.07, 6.45) is 3.72. The van der Waals surface area contributed by atoms with E-state index in [4.69, 9.17) is 0 Å². The Morgan fingerprint density at radius 3 is 2.36 bits per heavy atom. The molecule has 0 amide bonds. The highest BCUT2D eigenvalue weighted by molar-refractivity contribution is 6.74. The van der Waals surface area contributed by atoms with Crippen LogP contribution in [-0.4, -0.2) is 12.5 Å². The van der Waals surface area contributed by atoms with Gasteiger partial charge < -0.3 is 4.23 Å². The van der Waals surface area contributed by atoms with Gasteiger partial charge in [-0.25, -0.2) is 0 Å². The molecule has 1 heterocycles. The molecule has 3 nitrogen and oxygen atoms in total. The highest BCUT2D eigenvalue weighted by Gasteiger charge is 2.15. The van der Waals surface area contributed by atoms with Crippen LogP contribution in [0, 0.1) is 4.91 Å². The minimum Gasteiger partial charge on any atom is -0.379 e. The zero-order valence-electron chi connectivity index (χ0n) is 7.03. The van der Waals surface area contributed by atoms with E-state index in [1.54, 1.807) is 12.3 Å². The van der Waals surface area contributed by atoms with Crippen LogP contribution in [0.15, 0.2) is 23.6 Å². The molecule has 11 heavy (non-hydrogen) atoms. The lowest BCUT2D eigenvalue weighted by atomic mass is 10.6. The first kappa shape index (κ1) is 8.20. The first-order valence-corrected chi connectivity index (χ1v) is 7.00. The standard InChI is InChI=1S/C7H12N2OSi/c1-11(2,3)9-5-4-7(6-9)8-10/h4-6H,1-3H3. The van der Waals surface area contributed by atoms with Crippen LogP contribution >= 0.6 is 0 Å². The number of hydrogen-bond donors (Lipinski definition) is 0. The molecule has 0 radical (unpaired) electrons. The van der Waals surface area contributed by atoms with E-state index in [2.05, 4.69) is 29.1 Å². The molecule has 0 atom stereocenters. The summed E-state index contributed by atoms with van der Waals surface area (Å²) < 4.78 is 2.10. The van der Waals surface area contributed by atoms with Gasteiger partial charge in [0, 0.05) is 6.20 Å². The third-order valence-corrected chi connectivity index (χ3v) is 3.38. The van der Waals surface area contributed by atoms with Crippen molar-refractivity contribution in [1.29, 1.82) is 0 Å². The van der Waals surface area contributed by atoms with Crippen LogP contribution in [0.2, 0.25) is 19.6 Å². The molecule has 0 aromatic carbocycles. The summed E-state index contributed by atoms with van der Waals surface area (Å²) in [7, 11) is -1.31. The van der Waals surface area contributed by atoms with Crippen molar-refractivity contribution in [3.63, 3.8) is 0 Å². The first-order valence-electron chi connectivity index (χ1n) is 3.56. The monoisotopic (exact) mass is 168 g/mol. The van der Waals surface area contributed by atoms with Gasteiger partial charge in [-0.1, -0.05) is 19.6 Å². The minimum absolute atomic E-state index is 0.521. The largest absolute Gasteiger partial charge is 0.379 e. The molecule has 0 unspecified atom stereocenters. The number of nitrogens with zero attached hydrogens (tertiary/aromatic N) is 2. The van der Waals surface area contributed by atoms with Crippen LogP contribution in [0.25, 0.3) is 0 Å². The van der Waals surface area contributed by atoms with Crippen LogP contribution in [0.3, 0.4) is 0 Å². The molecule has 1 aromatic heterocycles. The third kappa shape index (κ3) is 1.77. The summed E-state index contributed by atoms with van der Waals surface area (Å²) in [6.45, 7) is 6.63. The maximum absolute atomic E-state index is 10.1. The van der Waals surface area contributed by atoms with Crippen LogP contribution in [0.4, 0.5) is 5.69 Å². The van der Waals surface area contributed by atoms with Crippen molar-refractivity contribution in [2.75, 3.05) is 0 Å². The van der Waals surface area contributed by atoms with E-state index < -0.39 is 8.24 Å². The summed E-state index contributed by atoms with van der Waals surface area (Å²) in [5.74, 6) is 0. The van der Waals surface area contributed by atoms with Crippen molar-refractivity contribution in [1.82, 2.24) is 4.23 Å². The van der Waals surface area contributed by atoms with E-state index in [0.29, 0.717) is 5.69 Å². The van der Waals surface area contributed by atoms with Gasteiger partial charge in [-0.3, -0.25) is 0 Å². The normalized spacial score (nSPS) is 11.5. The minimum atomic E-state index is -1.31. The van der Waals surface area contributed by atoms with Gasteiger partial charge in [0.2, 0.25) is 0 Å². The second-order valence-corrected chi connectivity index (χ2v) is 8.40. The third-order valence-electron chi connectivity index (χ3n) is 1.56. The molecule has 0 saturated carbocycles. The lowest BCUT2D eigenvalue weighted by Crippen LogP contribution is -2.30. The predicted octanol–water partition coefficient (Wildman–Crippen LogP) is 2.57. The molecular formula is C7H12N2OSi. The fraction of sp³-hybridized carbons (Fsp3) is 0.429. The molecule has 60 valence electrons. The lowest BCUT2D eigenvalue weighted by molar-refractivity contribution is 1.15. The van der Waals surface area contributed by atoms with E-state index in [-0.39, 0.29) is 0 Å². The van der Waals surface area contributed by atoms with E-state index in [9.17, 15) is 4.91 Å². The molecule has 0 bridgehead atoms. The van der Waals surface area contributed by atoms with Crippen molar-refractivity contribution in [3.8, 4) is 0 Å². The molecule has 0 saturated heterocycles. The van der Waals surface area contributed by atoms with E-state index in [1.807, 2.05) is 6.20 Å². The predicted molar refractivity (Wildman–Crippen MR) is 48.6 cm³/mol. The Kier molecular flexibility index (Phi) is 1.95. The summed E-state index contributed by atoms with van der Waals surface area (Å²) in [4.78, 5) is 10.1. The van der Waals surface area contributed by atoms with Gasteiger partial charge in [0.05, 0.1) is 0 Å². The highest BCUT2D eigenvalue weighted by Crippen LogP contribution is 2.15. The smallest absolute Gasteiger partial charge is 0.152 e. The molecule has 1 rings (SSSR count). The number of aromatic nitrogens is 1. The van der Waals surface area contributed by atoms with Crippen LogP contribution in [0.1, 0.15) is 0 Å². The Balaban J connectivity index is 2.98. The van der Waals surface area contributed by atoms with Gasteiger partial charge >= 0.3 is 0 Å². The Hall–Kier alpha value is -0.903. The maximum Gasteiger partial charge on any atom is 0.152 e. The van der Waals surface area contributed by atoms with Crippen molar-refractivity contribution >= 4 is 13.9 Å². The average Bonchev–Trinajstić information content (AvgIpc) is 2.32. The Morgan fingerprint density at radius 1 is 1.45 bits per heavy atom. The van der Waals surface area contributed by atoms with Gasteiger partial charge in [-0.2, -0.15) is 0 Å². The van der Waals surface area contributed by atoms with Gasteiger partial charge in [0.15, 0.2) is 8.24 Å². The van der Waals surface area contributed by atoms with Crippen molar-refractivity contribution < 1.29 is 0 Å². The molecule has 0 aliphatic rings. The molecular weight excluding hydrogens is 156 g/mol. The fourth-order valence-electron chi connectivity index (χ4n) is 0.856. The molecule has 0 spiro atoms. The van der Waals surface area contributed by atoms with Crippen molar-refractivity contribution in [2.24, 2.45) is 5.18 Å². The maximum atomic E-state index is 10.1. The molecule has 0 fully saturated rings. The Labute approximate surface area is 67.1 Å². The summed E-state index contributed by atoms with van der Waals surface area (Å²) in [5, 5.41) is 2.86. The summed E-state index contributed by atoms with van der Waals surface area (Å²) in [5.41, 5.74) is 0.521. The van der Waals surface area contributed by atoms with Gasteiger partial charge in [-0.15, -0.1) is 4.91 Å². The average molecular weight is 168 g/mol. The first-order chi connectivity index (χ1) is 5.04. The Bertz CT molecular complexity index is 262. The molecule has 0 N–H and O–H groups in total. The zero-order valence-corrected chi connectivity index (χ0v) is 8.03. The van der Waals surface area contributed by atoms with Gasteiger partial charge in [0.1, 0.15) is 5.69 Å². The number of nitroso groups, excluding NO2 is 1. The quantitative estimate of drug-likeness (QED) is 0.493. The van der Waals surface area contributed by atoms with Crippen LogP contribution in [-0.2, 0) is 0 Å². The van der Waals surface area contributed by atoms with Crippen LogP contribution < -0.4 is 0 Å². The molecule has 4 heteroatoms.